The third-order valence-electron chi connectivity index (χ3n) is 10.3. The molecule has 0 fully saturated rings. The molecule has 8 bridgehead atoms. The van der Waals surface area contributed by atoms with Gasteiger partial charge in [-0.15, -0.1) is 0 Å². The number of H-pyrrole nitrogens is 2. The maximum atomic E-state index is 16.1. The lowest BCUT2D eigenvalue weighted by molar-refractivity contribution is 0.381. The van der Waals surface area contributed by atoms with Gasteiger partial charge in [0.1, 0.15) is 0 Å². The van der Waals surface area contributed by atoms with Crippen LogP contribution in [0.25, 0.3) is 78.6 Å². The SMILES string of the molecule is Fc1c(F)c(F)c(-c2c3nc(c(-c4c(F)c(F)c(F)c(F)c4F)c4ccc(c(-c5c(F)c(F)c(F)c(F)c5F)c5ccc([nH]5)c5ccc2[nH]5)n4Cc2ccccn2)C=C3)c(F)c1F. The molecule has 0 aliphatic carbocycles. The van der Waals surface area contributed by atoms with Crippen molar-refractivity contribution >= 4 is 45.3 Å². The van der Waals surface area contributed by atoms with E-state index >= 15 is 43.9 Å². The fourth-order valence-corrected chi connectivity index (χ4v) is 7.43. The third-order valence-corrected chi connectivity index (χ3v) is 10.3. The van der Waals surface area contributed by atoms with Crippen LogP contribution in [0.3, 0.4) is 0 Å². The van der Waals surface area contributed by atoms with Gasteiger partial charge in [-0.2, -0.15) is 0 Å². The van der Waals surface area contributed by atoms with Crippen LogP contribution in [-0.4, -0.2) is 24.5 Å². The molecule has 1 aliphatic rings. The number of pyridine rings is 1. The number of hydrogen-bond donors (Lipinski definition) is 2. The molecule has 0 unspecified atom stereocenters. The molecule has 0 saturated heterocycles. The van der Waals surface area contributed by atoms with Gasteiger partial charge in [-0.05, 0) is 60.7 Å². The summed E-state index contributed by atoms with van der Waals surface area (Å²) in [6.07, 6.45) is 2.93. The lowest BCUT2D eigenvalue weighted by Gasteiger charge is -2.15. The smallest absolute Gasteiger partial charge is 0.200 e. The normalized spacial score (nSPS) is 12.0. The van der Waals surface area contributed by atoms with Crippen LogP contribution in [0.15, 0.2) is 60.8 Å². The fourth-order valence-electron chi connectivity index (χ4n) is 7.43. The average Bonchev–Trinajstić information content (AvgIpc) is 4.13. The fraction of sp³-hybridized carbons (Fsp3) is 0.0233. The molecule has 2 N–H and O–H groups in total. The van der Waals surface area contributed by atoms with Crippen molar-refractivity contribution in [2.75, 3.05) is 0 Å². The molecule has 20 heteroatoms. The molecule has 5 aromatic heterocycles. The van der Waals surface area contributed by atoms with E-state index in [2.05, 4.69) is 19.9 Å². The standard InChI is InChI=1S/C43H16F15N5/c44-29-26(30(45)36(51)41(56)35(29)50)23-17-6-4-15(60-17)16-5-7-19(61-16)24(27-31(46)37(52)42(57)38(53)32(27)47)21-10-11-22(63(21)13-14-3-1-2-12-59-14)25(20-9-8-18(23)62-20)28-33(48)39(54)43(58)40(55)34(28)49/h1-12,60-61H,13H2. The van der Waals surface area contributed by atoms with Crippen molar-refractivity contribution in [3.63, 3.8) is 0 Å². The van der Waals surface area contributed by atoms with Crippen molar-refractivity contribution in [2.24, 2.45) is 0 Å². The van der Waals surface area contributed by atoms with E-state index in [4.69, 9.17) is 0 Å². The second kappa shape index (κ2) is 14.8. The van der Waals surface area contributed by atoms with E-state index in [0.717, 1.165) is 41.0 Å². The Balaban J connectivity index is 1.60. The van der Waals surface area contributed by atoms with Crippen molar-refractivity contribution in [1.29, 1.82) is 0 Å². The molecule has 0 saturated carbocycles. The molecular weight excluding hydrogens is 871 g/mol. The number of fused-ring (bicyclic) bond motifs is 9. The van der Waals surface area contributed by atoms with Crippen LogP contribution >= 0.6 is 0 Å². The van der Waals surface area contributed by atoms with E-state index < -0.39 is 161 Å². The summed E-state index contributed by atoms with van der Waals surface area (Å²) < 4.78 is 230. The van der Waals surface area contributed by atoms with Gasteiger partial charge in [0.05, 0.1) is 62.4 Å². The van der Waals surface area contributed by atoms with E-state index in [9.17, 15) is 22.0 Å². The minimum Gasteiger partial charge on any atom is -0.353 e. The summed E-state index contributed by atoms with van der Waals surface area (Å²) in [6.45, 7) is -0.654. The number of halogens is 15. The van der Waals surface area contributed by atoms with Crippen molar-refractivity contribution in [3.8, 4) is 33.4 Å². The molecule has 318 valence electrons. The van der Waals surface area contributed by atoms with Crippen molar-refractivity contribution in [1.82, 2.24) is 24.5 Å². The average molecular weight is 888 g/mol. The largest absolute Gasteiger partial charge is 0.353 e. The Kier molecular flexibility index (Phi) is 9.63. The zero-order chi connectivity index (χ0) is 44.9. The van der Waals surface area contributed by atoms with Crippen LogP contribution < -0.4 is 0 Å². The maximum absolute atomic E-state index is 16.1. The van der Waals surface area contributed by atoms with Crippen LogP contribution in [0.5, 0.6) is 0 Å². The minimum absolute atomic E-state index is 0.0199. The number of aromatic nitrogens is 5. The van der Waals surface area contributed by atoms with Crippen LogP contribution in [0.4, 0.5) is 65.9 Å². The minimum atomic E-state index is -2.61. The van der Waals surface area contributed by atoms with Gasteiger partial charge in [-0.1, -0.05) is 6.07 Å². The van der Waals surface area contributed by atoms with Crippen molar-refractivity contribution in [3.05, 3.63) is 165 Å². The molecule has 6 heterocycles. The van der Waals surface area contributed by atoms with E-state index in [1.54, 1.807) is 0 Å². The number of nitrogens with zero attached hydrogens (tertiary/aromatic N) is 3. The van der Waals surface area contributed by atoms with Gasteiger partial charge < -0.3 is 14.5 Å². The first kappa shape index (κ1) is 40.9. The summed E-state index contributed by atoms with van der Waals surface area (Å²) in [5, 5.41) is 0. The highest BCUT2D eigenvalue weighted by atomic mass is 19.2. The number of hydrogen-bond acceptors (Lipinski definition) is 2. The van der Waals surface area contributed by atoms with E-state index in [-0.39, 0.29) is 16.7 Å². The summed E-state index contributed by atoms with van der Waals surface area (Å²) in [6, 6.07) is 10.6. The zero-order valence-electron chi connectivity index (χ0n) is 30.6. The van der Waals surface area contributed by atoms with Gasteiger partial charge in [0, 0.05) is 33.9 Å². The highest BCUT2D eigenvalue weighted by Crippen LogP contribution is 2.43. The van der Waals surface area contributed by atoms with Gasteiger partial charge in [0.15, 0.2) is 69.8 Å². The Morgan fingerprint density at radius 2 is 0.730 bits per heavy atom. The van der Waals surface area contributed by atoms with E-state index in [1.165, 1.54) is 36.5 Å². The van der Waals surface area contributed by atoms with Gasteiger partial charge >= 0.3 is 0 Å². The van der Waals surface area contributed by atoms with Crippen LogP contribution in [0, 0.1) is 87.3 Å². The summed E-state index contributed by atoms with van der Waals surface area (Å²) in [5.41, 5.74) is -11.4. The summed E-state index contributed by atoms with van der Waals surface area (Å²) in [5.74, 6) is -36.7. The summed E-state index contributed by atoms with van der Waals surface area (Å²) in [7, 11) is 0. The Morgan fingerprint density at radius 3 is 1.17 bits per heavy atom. The van der Waals surface area contributed by atoms with Crippen LogP contribution in [0.2, 0.25) is 0 Å². The molecule has 1 aliphatic heterocycles. The highest BCUT2D eigenvalue weighted by molar-refractivity contribution is 6.00. The molecule has 0 spiro atoms. The molecule has 0 atom stereocenters. The summed E-state index contributed by atoms with van der Waals surface area (Å²) >= 11 is 0. The topological polar surface area (TPSA) is 62.3 Å². The maximum Gasteiger partial charge on any atom is 0.200 e. The Hall–Kier alpha value is -7.51. The lowest BCUT2D eigenvalue weighted by Crippen LogP contribution is -2.08. The first-order valence-corrected chi connectivity index (χ1v) is 17.8. The molecule has 0 amide bonds. The predicted octanol–water partition coefficient (Wildman–Crippen LogP) is 12.7. The Labute approximate surface area is 340 Å². The first-order valence-electron chi connectivity index (χ1n) is 17.8. The third kappa shape index (κ3) is 6.13. The first-order chi connectivity index (χ1) is 30.0. The predicted molar refractivity (Wildman–Crippen MR) is 198 cm³/mol. The second-order valence-electron chi connectivity index (χ2n) is 13.8. The van der Waals surface area contributed by atoms with E-state index in [1.807, 2.05) is 0 Å². The Bertz CT molecular complexity index is 3360. The number of benzene rings is 3. The lowest BCUT2D eigenvalue weighted by atomic mass is 10.0. The second-order valence-corrected chi connectivity index (χ2v) is 13.8. The van der Waals surface area contributed by atoms with Gasteiger partial charge in [0.2, 0.25) is 17.5 Å². The molecule has 3 aromatic carbocycles. The van der Waals surface area contributed by atoms with Crippen molar-refractivity contribution in [2.45, 2.75) is 6.54 Å². The molecule has 0 radical (unpaired) electrons. The molecular formula is C43H16F15N5. The van der Waals surface area contributed by atoms with Gasteiger partial charge in [0.25, 0.3) is 0 Å². The molecule has 63 heavy (non-hydrogen) atoms. The number of nitrogens with one attached hydrogen (secondary N) is 2. The van der Waals surface area contributed by atoms with Crippen LogP contribution in [0.1, 0.15) is 17.1 Å². The highest BCUT2D eigenvalue weighted by Gasteiger charge is 2.34. The number of rotatable bonds is 5. The number of aromatic amines is 2. The van der Waals surface area contributed by atoms with Gasteiger partial charge in [-0.3, -0.25) is 4.98 Å². The summed E-state index contributed by atoms with van der Waals surface area (Å²) in [4.78, 5) is 13.8. The zero-order valence-corrected chi connectivity index (χ0v) is 30.6. The molecule has 9 rings (SSSR count). The molecule has 5 nitrogen and oxygen atoms in total. The Morgan fingerprint density at radius 1 is 0.365 bits per heavy atom. The van der Waals surface area contributed by atoms with Crippen LogP contribution in [-0.2, 0) is 6.54 Å². The quantitative estimate of drug-likeness (QED) is 0.103. The van der Waals surface area contributed by atoms with E-state index in [0.29, 0.717) is 0 Å². The molecule has 8 aromatic rings. The van der Waals surface area contributed by atoms with Crippen molar-refractivity contribution < 1.29 is 65.9 Å². The van der Waals surface area contributed by atoms with Gasteiger partial charge in [-0.25, -0.2) is 70.8 Å². The monoisotopic (exact) mass is 887 g/mol.